The normalized spacial score (nSPS) is 11.2. The summed E-state index contributed by atoms with van der Waals surface area (Å²) >= 11 is 0. The van der Waals surface area contributed by atoms with Crippen molar-refractivity contribution in [1.29, 1.82) is 0 Å². The van der Waals surface area contributed by atoms with E-state index in [2.05, 4.69) is 19.2 Å². The largest absolute Gasteiger partial charge is 0.330 e. The van der Waals surface area contributed by atoms with Crippen molar-refractivity contribution >= 4 is 0 Å². The van der Waals surface area contributed by atoms with Crippen LogP contribution in [0.5, 0.6) is 0 Å². The predicted octanol–water partition coefficient (Wildman–Crippen LogP) is 3.31. The summed E-state index contributed by atoms with van der Waals surface area (Å²) in [6.45, 7) is 7.74. The molecule has 0 aliphatic carbocycles. The first kappa shape index (κ1) is 15.9. The van der Waals surface area contributed by atoms with Gasteiger partial charge >= 0.3 is 0 Å². The first-order valence-corrected chi connectivity index (χ1v) is 7.18. The lowest BCUT2D eigenvalue weighted by Crippen LogP contribution is -2.20. The van der Waals surface area contributed by atoms with Gasteiger partial charge in [-0.3, -0.25) is 0 Å². The van der Waals surface area contributed by atoms with Gasteiger partial charge < -0.3 is 11.1 Å². The minimum Gasteiger partial charge on any atom is -0.330 e. The van der Waals surface area contributed by atoms with E-state index in [1.54, 1.807) is 0 Å². The molecule has 0 saturated carbocycles. The van der Waals surface area contributed by atoms with E-state index in [0.29, 0.717) is 0 Å². The lowest BCUT2D eigenvalue weighted by atomic mass is 10.1. The van der Waals surface area contributed by atoms with Crippen molar-refractivity contribution in [1.82, 2.24) is 5.32 Å². The number of rotatable bonds is 12. The third-order valence-electron chi connectivity index (χ3n) is 2.86. The maximum atomic E-state index is 5.45. The zero-order valence-corrected chi connectivity index (χ0v) is 11.4. The second-order valence-electron chi connectivity index (χ2n) is 5.22. The van der Waals surface area contributed by atoms with Crippen LogP contribution in [0.2, 0.25) is 0 Å². The zero-order valence-electron chi connectivity index (χ0n) is 11.4. The van der Waals surface area contributed by atoms with E-state index in [-0.39, 0.29) is 0 Å². The summed E-state index contributed by atoms with van der Waals surface area (Å²) in [6, 6.07) is 0. The molecule has 2 heteroatoms. The second-order valence-corrected chi connectivity index (χ2v) is 5.22. The van der Waals surface area contributed by atoms with E-state index in [1.165, 1.54) is 64.5 Å². The molecule has 0 spiro atoms. The van der Waals surface area contributed by atoms with Crippen molar-refractivity contribution in [2.75, 3.05) is 19.6 Å². The van der Waals surface area contributed by atoms with Crippen molar-refractivity contribution in [3.8, 4) is 0 Å². The SMILES string of the molecule is CC(C)CNCCCCCCCCCCN. The number of unbranched alkanes of at least 4 members (excludes halogenated alkanes) is 7. The lowest BCUT2D eigenvalue weighted by Gasteiger charge is -2.06. The Balaban J connectivity index is 2.88. The van der Waals surface area contributed by atoms with Gasteiger partial charge in [-0.25, -0.2) is 0 Å². The summed E-state index contributed by atoms with van der Waals surface area (Å²) in [4.78, 5) is 0. The summed E-state index contributed by atoms with van der Waals surface area (Å²) in [7, 11) is 0. The van der Waals surface area contributed by atoms with Crippen LogP contribution in [0.3, 0.4) is 0 Å². The number of hydrogen-bond donors (Lipinski definition) is 2. The first-order chi connectivity index (χ1) is 7.77. The third kappa shape index (κ3) is 13.9. The molecule has 0 fully saturated rings. The highest BCUT2D eigenvalue weighted by atomic mass is 14.8. The average Bonchev–Trinajstić information content (AvgIpc) is 2.25. The van der Waals surface area contributed by atoms with Crippen LogP contribution in [-0.2, 0) is 0 Å². The molecule has 0 amide bonds. The van der Waals surface area contributed by atoms with Crippen molar-refractivity contribution in [3.05, 3.63) is 0 Å². The molecule has 16 heavy (non-hydrogen) atoms. The van der Waals surface area contributed by atoms with Crippen molar-refractivity contribution in [2.24, 2.45) is 11.7 Å². The second kappa shape index (κ2) is 13.0. The van der Waals surface area contributed by atoms with Gasteiger partial charge in [-0.15, -0.1) is 0 Å². The molecule has 0 unspecified atom stereocenters. The molecule has 0 heterocycles. The summed E-state index contributed by atoms with van der Waals surface area (Å²) < 4.78 is 0. The monoisotopic (exact) mass is 228 g/mol. The average molecular weight is 228 g/mol. The topological polar surface area (TPSA) is 38.0 Å². The molecule has 0 bridgehead atoms. The minimum atomic E-state index is 0.780. The molecule has 3 N–H and O–H groups in total. The first-order valence-electron chi connectivity index (χ1n) is 7.18. The smallest absolute Gasteiger partial charge is 0.00258 e. The van der Waals surface area contributed by atoms with Crippen molar-refractivity contribution in [3.63, 3.8) is 0 Å². The molecule has 0 radical (unpaired) electrons. The standard InChI is InChI=1S/C14H32N2/c1-14(2)13-16-12-10-8-6-4-3-5-7-9-11-15/h14,16H,3-13,15H2,1-2H3. The summed E-state index contributed by atoms with van der Waals surface area (Å²) in [5.41, 5.74) is 5.45. The van der Waals surface area contributed by atoms with Crippen LogP contribution in [0, 0.1) is 5.92 Å². The van der Waals surface area contributed by atoms with Crippen LogP contribution < -0.4 is 11.1 Å². The van der Waals surface area contributed by atoms with E-state index in [4.69, 9.17) is 5.73 Å². The fourth-order valence-electron chi connectivity index (χ4n) is 1.85. The predicted molar refractivity (Wildman–Crippen MR) is 73.7 cm³/mol. The Morgan fingerprint density at radius 1 is 0.812 bits per heavy atom. The van der Waals surface area contributed by atoms with Gasteiger partial charge in [0.1, 0.15) is 0 Å². The summed E-state index contributed by atoms with van der Waals surface area (Å²) in [5, 5.41) is 3.49. The Labute approximate surface area is 102 Å². The van der Waals surface area contributed by atoms with E-state index >= 15 is 0 Å². The maximum Gasteiger partial charge on any atom is -0.00258 e. The van der Waals surface area contributed by atoms with Crippen LogP contribution in [0.15, 0.2) is 0 Å². The molecule has 0 rings (SSSR count). The van der Waals surface area contributed by atoms with Gasteiger partial charge in [0, 0.05) is 0 Å². The fourth-order valence-corrected chi connectivity index (χ4v) is 1.85. The van der Waals surface area contributed by atoms with E-state index < -0.39 is 0 Å². The molecule has 98 valence electrons. The highest BCUT2D eigenvalue weighted by Gasteiger charge is 1.94. The Bertz CT molecular complexity index is 124. The van der Waals surface area contributed by atoms with Gasteiger partial charge in [0.25, 0.3) is 0 Å². The molecule has 0 aromatic carbocycles. The maximum absolute atomic E-state index is 5.45. The highest BCUT2D eigenvalue weighted by Crippen LogP contribution is 2.07. The molecular weight excluding hydrogens is 196 g/mol. The molecule has 0 aromatic rings. The Hall–Kier alpha value is -0.0800. The van der Waals surface area contributed by atoms with Gasteiger partial charge in [-0.05, 0) is 38.4 Å². The Morgan fingerprint density at radius 3 is 1.81 bits per heavy atom. The van der Waals surface area contributed by atoms with Gasteiger partial charge in [0.2, 0.25) is 0 Å². The molecule has 2 nitrogen and oxygen atoms in total. The van der Waals surface area contributed by atoms with E-state index in [1.807, 2.05) is 0 Å². The lowest BCUT2D eigenvalue weighted by molar-refractivity contribution is 0.517. The Kier molecular flexibility index (Phi) is 12.9. The number of nitrogens with two attached hydrogens (primary N) is 1. The van der Waals surface area contributed by atoms with Crippen LogP contribution in [-0.4, -0.2) is 19.6 Å². The number of hydrogen-bond acceptors (Lipinski definition) is 2. The summed E-state index contributed by atoms with van der Waals surface area (Å²) in [5.74, 6) is 0.780. The quantitative estimate of drug-likeness (QED) is 0.503. The van der Waals surface area contributed by atoms with Crippen LogP contribution >= 0.6 is 0 Å². The fraction of sp³-hybridized carbons (Fsp3) is 1.00. The van der Waals surface area contributed by atoms with Crippen molar-refractivity contribution in [2.45, 2.75) is 65.2 Å². The van der Waals surface area contributed by atoms with Gasteiger partial charge in [0.15, 0.2) is 0 Å². The molecular formula is C14H32N2. The number of nitrogens with one attached hydrogen (secondary N) is 1. The molecule has 0 aromatic heterocycles. The molecule has 0 atom stereocenters. The highest BCUT2D eigenvalue weighted by molar-refractivity contribution is 4.52. The molecule has 0 aliphatic rings. The van der Waals surface area contributed by atoms with Crippen LogP contribution in [0.4, 0.5) is 0 Å². The molecule has 0 aliphatic heterocycles. The molecule has 0 saturated heterocycles. The van der Waals surface area contributed by atoms with Gasteiger partial charge in [-0.2, -0.15) is 0 Å². The Morgan fingerprint density at radius 2 is 1.31 bits per heavy atom. The van der Waals surface area contributed by atoms with Crippen molar-refractivity contribution < 1.29 is 0 Å². The minimum absolute atomic E-state index is 0.780. The van der Waals surface area contributed by atoms with E-state index in [9.17, 15) is 0 Å². The summed E-state index contributed by atoms with van der Waals surface area (Å²) in [6.07, 6.45) is 10.9. The van der Waals surface area contributed by atoms with Gasteiger partial charge in [0.05, 0.1) is 0 Å². The zero-order chi connectivity index (χ0) is 12.1. The van der Waals surface area contributed by atoms with Gasteiger partial charge in [-0.1, -0.05) is 52.4 Å². The van der Waals surface area contributed by atoms with E-state index in [0.717, 1.165) is 12.5 Å². The third-order valence-corrected chi connectivity index (χ3v) is 2.86. The van der Waals surface area contributed by atoms with Crippen LogP contribution in [0.25, 0.3) is 0 Å². The van der Waals surface area contributed by atoms with Crippen LogP contribution in [0.1, 0.15) is 65.2 Å².